The highest BCUT2D eigenvalue weighted by atomic mass is 127. The molecule has 0 fully saturated rings. The van der Waals surface area contributed by atoms with Crippen molar-refractivity contribution in [3.8, 4) is 11.3 Å². The molecule has 0 saturated heterocycles. The van der Waals surface area contributed by atoms with E-state index in [-0.39, 0.29) is 5.63 Å². The van der Waals surface area contributed by atoms with Crippen LogP contribution >= 0.6 is 33.9 Å². The van der Waals surface area contributed by atoms with Crippen LogP contribution in [0.5, 0.6) is 0 Å². The summed E-state index contributed by atoms with van der Waals surface area (Å²) in [7, 11) is 0. The number of rotatable bonds is 3. The molecule has 1 N–H and O–H groups in total. The molecule has 0 unspecified atom stereocenters. The average Bonchev–Trinajstić information content (AvgIpc) is 3.04. The van der Waals surface area contributed by atoms with Crippen LogP contribution in [0.25, 0.3) is 22.2 Å². The van der Waals surface area contributed by atoms with Crippen LogP contribution in [0.15, 0.2) is 69.2 Å². The Balaban J connectivity index is 1.71. The Hall–Kier alpha value is -2.19. The normalized spacial score (nSPS) is 10.9. The quantitative estimate of drug-likeness (QED) is 0.345. The van der Waals surface area contributed by atoms with E-state index in [0.29, 0.717) is 16.8 Å². The number of fused-ring (bicyclic) bond motifs is 1. The van der Waals surface area contributed by atoms with Crippen molar-refractivity contribution in [3.05, 3.63) is 74.0 Å². The van der Waals surface area contributed by atoms with Gasteiger partial charge in [0.25, 0.3) is 0 Å². The maximum Gasteiger partial charge on any atom is 0.345 e. The minimum Gasteiger partial charge on any atom is -0.422 e. The second-order valence-corrected chi connectivity index (χ2v) is 7.15. The van der Waals surface area contributed by atoms with Gasteiger partial charge in [-0.1, -0.05) is 30.3 Å². The van der Waals surface area contributed by atoms with Gasteiger partial charge in [-0.2, -0.15) is 0 Å². The van der Waals surface area contributed by atoms with Crippen LogP contribution in [-0.2, 0) is 0 Å². The molecule has 2 aromatic heterocycles. The fourth-order valence-electron chi connectivity index (χ4n) is 2.37. The minimum absolute atomic E-state index is 0.375. The van der Waals surface area contributed by atoms with Gasteiger partial charge in [0.1, 0.15) is 5.58 Å². The molecule has 0 aliphatic heterocycles. The summed E-state index contributed by atoms with van der Waals surface area (Å²) in [5, 5.41) is 6.77. The lowest BCUT2D eigenvalue weighted by Crippen LogP contribution is -2.03. The van der Waals surface area contributed by atoms with Gasteiger partial charge in [-0.25, -0.2) is 9.78 Å². The third kappa shape index (κ3) is 2.94. The van der Waals surface area contributed by atoms with E-state index in [0.717, 1.165) is 19.8 Å². The number of hydrogen-bond donors (Lipinski definition) is 1. The van der Waals surface area contributed by atoms with Crippen molar-refractivity contribution >= 4 is 55.7 Å². The first kappa shape index (κ1) is 15.3. The first-order valence-electron chi connectivity index (χ1n) is 7.21. The molecule has 0 radical (unpaired) electrons. The third-order valence-corrected chi connectivity index (χ3v) is 5.24. The first-order valence-corrected chi connectivity index (χ1v) is 9.17. The summed E-state index contributed by atoms with van der Waals surface area (Å²) >= 11 is 3.73. The molecule has 4 nitrogen and oxygen atoms in total. The number of halogens is 1. The molecular formula is C18H11IN2O2S. The predicted molar refractivity (Wildman–Crippen MR) is 106 cm³/mol. The molecule has 2 heterocycles. The average molecular weight is 446 g/mol. The van der Waals surface area contributed by atoms with Gasteiger partial charge in [0.15, 0.2) is 5.13 Å². The number of aromatic nitrogens is 1. The highest BCUT2D eigenvalue weighted by molar-refractivity contribution is 14.1. The number of thiazole rings is 1. The molecular weight excluding hydrogens is 435 g/mol. The molecule has 0 aliphatic rings. The fourth-order valence-corrected chi connectivity index (χ4v) is 3.62. The topological polar surface area (TPSA) is 55.1 Å². The Bertz CT molecular complexity index is 1090. The van der Waals surface area contributed by atoms with Crippen molar-refractivity contribution in [2.24, 2.45) is 0 Å². The van der Waals surface area contributed by atoms with E-state index in [4.69, 9.17) is 4.42 Å². The van der Waals surface area contributed by atoms with Gasteiger partial charge in [-0.05, 0) is 46.9 Å². The highest BCUT2D eigenvalue weighted by Crippen LogP contribution is 2.28. The monoisotopic (exact) mass is 446 g/mol. The molecule has 2 aromatic carbocycles. The van der Waals surface area contributed by atoms with Crippen molar-refractivity contribution in [3.63, 3.8) is 0 Å². The van der Waals surface area contributed by atoms with Crippen molar-refractivity contribution in [1.29, 1.82) is 0 Å². The first-order chi connectivity index (χ1) is 11.7. The summed E-state index contributed by atoms with van der Waals surface area (Å²) in [5.41, 5.74) is 2.29. The van der Waals surface area contributed by atoms with Crippen LogP contribution in [0.4, 0.5) is 10.8 Å². The van der Waals surface area contributed by atoms with E-state index in [2.05, 4.69) is 32.9 Å². The van der Waals surface area contributed by atoms with E-state index in [1.54, 1.807) is 6.07 Å². The molecule has 0 bridgehead atoms. The summed E-state index contributed by atoms with van der Waals surface area (Å²) in [4.78, 5) is 16.8. The molecule has 4 aromatic rings. The van der Waals surface area contributed by atoms with Crippen LogP contribution in [0.2, 0.25) is 0 Å². The molecule has 4 rings (SSSR count). The van der Waals surface area contributed by atoms with E-state index < -0.39 is 0 Å². The zero-order valence-electron chi connectivity index (χ0n) is 12.3. The van der Waals surface area contributed by atoms with E-state index in [1.807, 2.05) is 53.9 Å². The summed E-state index contributed by atoms with van der Waals surface area (Å²) in [5.74, 6) is 0. The molecule has 6 heteroatoms. The van der Waals surface area contributed by atoms with Crippen LogP contribution in [-0.4, -0.2) is 4.98 Å². The van der Waals surface area contributed by atoms with Crippen molar-refractivity contribution < 1.29 is 4.42 Å². The molecule has 0 spiro atoms. The number of hydrogen-bond acceptors (Lipinski definition) is 5. The van der Waals surface area contributed by atoms with Gasteiger partial charge in [-0.15, -0.1) is 11.3 Å². The number of para-hydroxylation sites is 2. The fraction of sp³-hybridized carbons (Fsp3) is 0. The molecule has 24 heavy (non-hydrogen) atoms. The molecule has 0 saturated carbocycles. The van der Waals surface area contributed by atoms with Crippen molar-refractivity contribution in [2.45, 2.75) is 0 Å². The molecule has 0 aliphatic carbocycles. The van der Waals surface area contributed by atoms with Gasteiger partial charge in [0.05, 0.1) is 16.9 Å². The number of nitrogens with one attached hydrogen (secondary N) is 1. The minimum atomic E-state index is -0.375. The Kier molecular flexibility index (Phi) is 4.07. The summed E-state index contributed by atoms with van der Waals surface area (Å²) in [6.45, 7) is 0. The lowest BCUT2D eigenvalue weighted by molar-refractivity contribution is 0.563. The van der Waals surface area contributed by atoms with Gasteiger partial charge in [0, 0.05) is 14.3 Å². The Morgan fingerprint density at radius 2 is 1.88 bits per heavy atom. The number of benzene rings is 2. The maximum atomic E-state index is 12.2. The van der Waals surface area contributed by atoms with Crippen LogP contribution in [0.1, 0.15) is 0 Å². The smallest absolute Gasteiger partial charge is 0.345 e. The van der Waals surface area contributed by atoms with Crippen LogP contribution in [0, 0.1) is 3.57 Å². The van der Waals surface area contributed by atoms with Gasteiger partial charge >= 0.3 is 5.63 Å². The van der Waals surface area contributed by atoms with Crippen molar-refractivity contribution in [2.75, 3.05) is 5.32 Å². The van der Waals surface area contributed by atoms with E-state index in [1.165, 1.54) is 11.3 Å². The second kappa shape index (κ2) is 6.37. The Labute approximate surface area is 155 Å². The van der Waals surface area contributed by atoms with E-state index in [9.17, 15) is 4.79 Å². The summed E-state index contributed by atoms with van der Waals surface area (Å²) in [6, 6.07) is 17.3. The van der Waals surface area contributed by atoms with Crippen LogP contribution < -0.4 is 10.9 Å². The third-order valence-electron chi connectivity index (χ3n) is 3.54. The zero-order valence-corrected chi connectivity index (χ0v) is 15.3. The van der Waals surface area contributed by atoms with E-state index >= 15 is 0 Å². The number of anilines is 2. The Morgan fingerprint density at radius 1 is 1.08 bits per heavy atom. The molecule has 0 atom stereocenters. The Morgan fingerprint density at radius 3 is 2.75 bits per heavy atom. The van der Waals surface area contributed by atoms with Gasteiger partial charge in [-0.3, -0.25) is 0 Å². The van der Waals surface area contributed by atoms with Gasteiger partial charge in [0.2, 0.25) is 0 Å². The maximum absolute atomic E-state index is 12.2. The van der Waals surface area contributed by atoms with Crippen LogP contribution in [0.3, 0.4) is 0 Å². The van der Waals surface area contributed by atoms with Gasteiger partial charge < -0.3 is 9.73 Å². The summed E-state index contributed by atoms with van der Waals surface area (Å²) in [6.07, 6.45) is 0. The predicted octanol–water partition coefficient (Wildman–Crippen LogP) is 5.26. The lowest BCUT2D eigenvalue weighted by Gasteiger charge is -2.04. The standard InChI is InChI=1S/C18H11IN2O2S/c19-13-6-2-3-7-14(13)20-18-21-15(10-24-18)12-9-11-5-1-4-8-16(11)23-17(12)22/h1-10H,(H,20,21). The SMILES string of the molecule is O=c1oc2ccccc2cc1-c1csc(Nc2ccccc2I)n1. The molecule has 118 valence electrons. The zero-order chi connectivity index (χ0) is 16.5. The lowest BCUT2D eigenvalue weighted by atomic mass is 10.1. The second-order valence-electron chi connectivity index (χ2n) is 5.13. The molecule has 0 amide bonds. The highest BCUT2D eigenvalue weighted by Gasteiger charge is 2.12. The summed E-state index contributed by atoms with van der Waals surface area (Å²) < 4.78 is 6.49. The largest absolute Gasteiger partial charge is 0.422 e. The number of nitrogens with zero attached hydrogens (tertiary/aromatic N) is 1. The van der Waals surface area contributed by atoms with Crippen molar-refractivity contribution in [1.82, 2.24) is 4.98 Å².